The molecule has 1 aliphatic rings. The third-order valence-corrected chi connectivity index (χ3v) is 6.64. The fourth-order valence-electron chi connectivity index (χ4n) is 3.15. The normalized spacial score (nSPS) is 16.9. The average Bonchev–Trinajstić information content (AvgIpc) is 2.55. The van der Waals surface area contributed by atoms with Crippen LogP contribution in [0.2, 0.25) is 5.02 Å². The van der Waals surface area contributed by atoms with E-state index in [4.69, 9.17) is 11.6 Å². The van der Waals surface area contributed by atoms with E-state index in [1.807, 2.05) is 6.07 Å². The summed E-state index contributed by atoms with van der Waals surface area (Å²) < 4.78 is 40.7. The van der Waals surface area contributed by atoms with Crippen molar-refractivity contribution in [2.75, 3.05) is 26.2 Å². The third kappa shape index (κ3) is 4.20. The maximum Gasteiger partial charge on any atom is 0.246 e. The molecule has 0 saturated carbocycles. The molecule has 0 aliphatic carbocycles. The molecule has 7 heteroatoms. The monoisotopic (exact) mass is 383 g/mol. The number of nitrogens with one attached hydrogen (secondary N) is 1. The molecule has 0 unspecified atom stereocenters. The van der Waals surface area contributed by atoms with Gasteiger partial charge in [-0.05, 0) is 25.1 Å². The number of sulfonamides is 1. The molecule has 0 aromatic heterocycles. The summed E-state index contributed by atoms with van der Waals surface area (Å²) in [5.41, 5.74) is 2.46. The first kappa shape index (κ1) is 18.3. The predicted octanol–water partition coefficient (Wildman–Crippen LogP) is 1.88. The molecule has 1 saturated heterocycles. The molecule has 1 aliphatic heterocycles. The summed E-state index contributed by atoms with van der Waals surface area (Å²) in [6, 6.07) is 12.0. The molecule has 0 atom stereocenters. The average molecular weight is 384 g/mol. The van der Waals surface area contributed by atoms with Crippen LogP contribution >= 0.6 is 11.6 Å². The van der Waals surface area contributed by atoms with Gasteiger partial charge < -0.3 is 4.90 Å². The number of quaternary nitrogens is 1. The second kappa shape index (κ2) is 7.41. The van der Waals surface area contributed by atoms with Gasteiger partial charge in [0.05, 0.1) is 26.2 Å². The Bertz CT molecular complexity index is 865. The van der Waals surface area contributed by atoms with Crippen LogP contribution in [0.3, 0.4) is 0 Å². The topological polar surface area (TPSA) is 41.8 Å². The second-order valence-electron chi connectivity index (χ2n) is 6.39. The summed E-state index contributed by atoms with van der Waals surface area (Å²) in [6.07, 6.45) is 0. The van der Waals surface area contributed by atoms with Crippen molar-refractivity contribution in [1.29, 1.82) is 0 Å². The fraction of sp³-hybridized carbons (Fsp3) is 0.333. The van der Waals surface area contributed by atoms with Crippen molar-refractivity contribution in [2.24, 2.45) is 0 Å². The molecule has 1 heterocycles. The highest BCUT2D eigenvalue weighted by atomic mass is 35.5. The highest BCUT2D eigenvalue weighted by molar-refractivity contribution is 7.89. The van der Waals surface area contributed by atoms with Crippen molar-refractivity contribution in [3.63, 3.8) is 0 Å². The first-order valence-corrected chi connectivity index (χ1v) is 10.0. The van der Waals surface area contributed by atoms with E-state index in [9.17, 15) is 12.8 Å². The minimum Gasteiger partial charge on any atom is -0.329 e. The molecule has 0 spiro atoms. The largest absolute Gasteiger partial charge is 0.329 e. The van der Waals surface area contributed by atoms with Crippen molar-refractivity contribution in [2.45, 2.75) is 18.4 Å². The molecule has 3 rings (SSSR count). The number of aryl methyl sites for hydroxylation is 1. The molecule has 0 radical (unpaired) electrons. The van der Waals surface area contributed by atoms with Gasteiger partial charge in [-0.1, -0.05) is 41.4 Å². The van der Waals surface area contributed by atoms with E-state index >= 15 is 0 Å². The van der Waals surface area contributed by atoms with Crippen LogP contribution in [-0.4, -0.2) is 38.9 Å². The summed E-state index contributed by atoms with van der Waals surface area (Å²) in [5.74, 6) is -0.804. The molecule has 4 nitrogen and oxygen atoms in total. The van der Waals surface area contributed by atoms with Gasteiger partial charge in [0.25, 0.3) is 0 Å². The molecule has 0 bridgehead atoms. The van der Waals surface area contributed by atoms with Crippen LogP contribution in [0.5, 0.6) is 0 Å². The summed E-state index contributed by atoms with van der Waals surface area (Å²) in [4.78, 5) is 1.02. The standard InChI is InChI=1S/C18H20ClFN2O2S/c1-14-3-2-4-15(11-14)13-21-7-9-22(10-8-21)25(23,24)18-6-5-16(19)12-17(18)20/h2-6,11-12H,7-10,13H2,1H3/p+1. The molecule has 25 heavy (non-hydrogen) atoms. The van der Waals surface area contributed by atoms with E-state index in [0.717, 1.165) is 12.6 Å². The SMILES string of the molecule is Cc1cccc(C[NH+]2CCN(S(=O)(=O)c3ccc(Cl)cc3F)CC2)c1. The molecule has 1 fully saturated rings. The van der Waals surface area contributed by atoms with Crippen molar-refractivity contribution < 1.29 is 17.7 Å². The number of rotatable bonds is 4. The van der Waals surface area contributed by atoms with Crippen LogP contribution in [0.1, 0.15) is 11.1 Å². The molecule has 0 amide bonds. The van der Waals surface area contributed by atoms with Gasteiger partial charge in [0.2, 0.25) is 10.0 Å². The zero-order valence-corrected chi connectivity index (χ0v) is 15.6. The third-order valence-electron chi connectivity index (χ3n) is 4.48. The smallest absolute Gasteiger partial charge is 0.246 e. The van der Waals surface area contributed by atoms with E-state index < -0.39 is 15.8 Å². The number of piperazine rings is 1. The van der Waals surface area contributed by atoms with Gasteiger partial charge in [-0.25, -0.2) is 12.8 Å². The minimum atomic E-state index is -3.83. The first-order valence-electron chi connectivity index (χ1n) is 8.20. The van der Waals surface area contributed by atoms with Crippen LogP contribution < -0.4 is 4.90 Å². The number of benzene rings is 2. The van der Waals surface area contributed by atoms with Crippen molar-refractivity contribution in [3.8, 4) is 0 Å². The highest BCUT2D eigenvalue weighted by Crippen LogP contribution is 2.22. The van der Waals surface area contributed by atoms with E-state index in [2.05, 4.69) is 25.1 Å². The summed E-state index contributed by atoms with van der Waals surface area (Å²) in [7, 11) is -3.83. The van der Waals surface area contributed by atoms with Crippen molar-refractivity contribution in [3.05, 3.63) is 64.4 Å². The Balaban J connectivity index is 1.67. The van der Waals surface area contributed by atoms with Gasteiger partial charge in [0.15, 0.2) is 0 Å². The molecule has 134 valence electrons. The number of hydrogen-bond acceptors (Lipinski definition) is 2. The van der Waals surface area contributed by atoms with Gasteiger partial charge in [-0.15, -0.1) is 0 Å². The van der Waals surface area contributed by atoms with Gasteiger partial charge in [-0.3, -0.25) is 0 Å². The minimum absolute atomic E-state index is 0.184. The van der Waals surface area contributed by atoms with Crippen LogP contribution in [0.25, 0.3) is 0 Å². The fourth-order valence-corrected chi connectivity index (χ4v) is 4.80. The lowest BCUT2D eigenvalue weighted by atomic mass is 10.1. The summed E-state index contributed by atoms with van der Waals surface area (Å²) in [5, 5.41) is 0.184. The van der Waals surface area contributed by atoms with Gasteiger partial charge in [0.1, 0.15) is 17.3 Å². The van der Waals surface area contributed by atoms with Crippen LogP contribution in [0.15, 0.2) is 47.4 Å². The molecule has 2 aromatic rings. The van der Waals surface area contributed by atoms with E-state index in [0.29, 0.717) is 26.2 Å². The first-order chi connectivity index (χ1) is 11.9. The lowest BCUT2D eigenvalue weighted by Crippen LogP contribution is -3.13. The quantitative estimate of drug-likeness (QED) is 0.875. The van der Waals surface area contributed by atoms with Crippen LogP contribution in [0, 0.1) is 12.7 Å². The van der Waals surface area contributed by atoms with Gasteiger partial charge in [0, 0.05) is 10.6 Å². The number of nitrogens with zero attached hydrogens (tertiary/aromatic N) is 1. The second-order valence-corrected chi connectivity index (χ2v) is 8.74. The van der Waals surface area contributed by atoms with E-state index in [-0.39, 0.29) is 9.92 Å². The van der Waals surface area contributed by atoms with Gasteiger partial charge in [-0.2, -0.15) is 4.31 Å². The van der Waals surface area contributed by atoms with Crippen molar-refractivity contribution in [1.82, 2.24) is 4.31 Å². The Morgan fingerprint density at radius 2 is 1.88 bits per heavy atom. The zero-order chi connectivity index (χ0) is 18.0. The Labute approximate surface area is 152 Å². The molecule has 2 aromatic carbocycles. The zero-order valence-electron chi connectivity index (χ0n) is 14.0. The molecular weight excluding hydrogens is 363 g/mol. The highest BCUT2D eigenvalue weighted by Gasteiger charge is 2.32. The lowest BCUT2D eigenvalue weighted by molar-refractivity contribution is -0.917. The summed E-state index contributed by atoms with van der Waals surface area (Å²) in [6.45, 7) is 5.08. The molecular formula is C18H21ClFN2O2S+. The van der Waals surface area contributed by atoms with Gasteiger partial charge >= 0.3 is 0 Å². The Morgan fingerprint density at radius 1 is 1.16 bits per heavy atom. The Morgan fingerprint density at radius 3 is 2.52 bits per heavy atom. The van der Waals surface area contributed by atoms with E-state index in [1.54, 1.807) is 0 Å². The van der Waals surface area contributed by atoms with Crippen molar-refractivity contribution >= 4 is 21.6 Å². The van der Waals surface area contributed by atoms with Crippen LogP contribution in [0.4, 0.5) is 4.39 Å². The van der Waals surface area contributed by atoms with E-state index in [1.165, 1.54) is 32.5 Å². The van der Waals surface area contributed by atoms with Crippen LogP contribution in [-0.2, 0) is 16.6 Å². The Hall–Kier alpha value is -1.47. The number of hydrogen-bond donors (Lipinski definition) is 1. The maximum atomic E-state index is 14.0. The maximum absolute atomic E-state index is 14.0. The Kier molecular flexibility index (Phi) is 5.43. The molecule has 1 N–H and O–H groups in total. The summed E-state index contributed by atoms with van der Waals surface area (Å²) >= 11 is 5.71. The number of halogens is 2. The predicted molar refractivity (Wildman–Crippen MR) is 95.7 cm³/mol. The lowest BCUT2D eigenvalue weighted by Gasteiger charge is -2.31.